The summed E-state index contributed by atoms with van der Waals surface area (Å²) in [5.41, 5.74) is 15.5. The molecule has 2 unspecified atom stereocenters. The minimum atomic E-state index is -1.17. The Labute approximate surface area is 281 Å². The van der Waals surface area contributed by atoms with Gasteiger partial charge in [-0.25, -0.2) is 0 Å². The minimum Gasteiger partial charge on any atom is -1.00 e. The van der Waals surface area contributed by atoms with Gasteiger partial charge in [0.05, 0.1) is 8.07 Å². The topological polar surface area (TPSA) is 4.93 Å². The molecule has 3 heterocycles. The summed E-state index contributed by atoms with van der Waals surface area (Å²) in [6.45, 7) is 11.9. The van der Waals surface area contributed by atoms with Gasteiger partial charge in [-0.1, -0.05) is 49.0 Å². The van der Waals surface area contributed by atoms with Gasteiger partial charge in [0.15, 0.2) is 0 Å². The van der Waals surface area contributed by atoms with Crippen molar-refractivity contribution in [2.75, 3.05) is 0 Å². The van der Waals surface area contributed by atoms with Crippen molar-refractivity contribution in [1.29, 1.82) is 0 Å². The molecule has 2 bridgehead atoms. The quantitative estimate of drug-likeness (QED) is 0.211. The molecule has 215 valence electrons. The molecular formula is C37H40Cl2NSiZr. The van der Waals surface area contributed by atoms with Crippen LogP contribution in [-0.2, 0) is 31.1 Å². The summed E-state index contributed by atoms with van der Waals surface area (Å²) in [5.74, 6) is 0. The number of para-hydroxylation sites is 1. The third-order valence-electron chi connectivity index (χ3n) is 9.31. The third-order valence-corrected chi connectivity index (χ3v) is 15.3. The smallest absolute Gasteiger partial charge is 1.00 e. The number of allylic oxidation sites excluding steroid dienone is 2. The van der Waals surface area contributed by atoms with E-state index in [-0.39, 0.29) is 24.8 Å². The Kier molecular flexibility index (Phi) is 10.5. The molecule has 2 atom stereocenters. The standard InChI is InChI=1S/C21H23.C16H17NSi.2ClH.Zr/c1-3-4-5-7-17-10-12-18(13-11-17)20-9-6-8-19-14-16(2)15-21(19)20;1-11-15-13-9-10-17(12-7-5-4-6-8-12)14(13)16(11)18(15,2)3;;;/h6,8-15H,3-5,7H2,1-2H3;4-10,16H,1-3H3;2*1H;/q;;;;+2/p-2. The minimum absolute atomic E-state index is 0. The first-order valence-corrected chi connectivity index (χ1v) is 19.4. The van der Waals surface area contributed by atoms with Crippen LogP contribution in [0.4, 0.5) is 0 Å². The average Bonchev–Trinajstić information content (AvgIpc) is 3.65. The number of unbranched alkanes of at least 4 members (excludes halogenated alkanes) is 2. The van der Waals surface area contributed by atoms with Crippen LogP contribution < -0.4 is 24.8 Å². The molecule has 0 saturated carbocycles. The molecule has 4 aliphatic rings. The first kappa shape index (κ1) is 33.0. The van der Waals surface area contributed by atoms with E-state index in [0.717, 1.165) is 5.54 Å². The third kappa shape index (κ3) is 5.68. The van der Waals surface area contributed by atoms with Crippen molar-refractivity contribution in [3.8, 4) is 16.8 Å². The maximum Gasteiger partial charge on any atom is -1.00 e. The van der Waals surface area contributed by atoms with Gasteiger partial charge < -0.3 is 29.4 Å². The van der Waals surface area contributed by atoms with Crippen LogP contribution in [0.1, 0.15) is 77.1 Å². The van der Waals surface area contributed by atoms with E-state index < -0.39 is 8.07 Å². The van der Waals surface area contributed by atoms with Crippen molar-refractivity contribution in [2.24, 2.45) is 0 Å². The second-order valence-corrected chi connectivity index (χ2v) is 18.3. The van der Waals surface area contributed by atoms with Crippen molar-refractivity contribution in [3.63, 3.8) is 0 Å². The number of nitrogens with zero attached hydrogens (tertiary/aromatic N) is 1. The SMILES string of the molecule is CC1=C2c3ccn(-c4ccccc4)c3C1[Si]2(C)C.CCCCCc1ccc(-c2cccc3c2C=C(C)[CH]3[Zr+2])cc1.[Cl-].[Cl-]. The summed E-state index contributed by atoms with van der Waals surface area (Å²) in [5, 5.41) is 1.72. The zero-order valence-electron chi connectivity index (χ0n) is 25.3. The number of hydrogen-bond acceptors (Lipinski definition) is 0. The van der Waals surface area contributed by atoms with Crippen molar-refractivity contribution in [2.45, 2.75) is 68.7 Å². The van der Waals surface area contributed by atoms with Crippen LogP contribution in [-0.4, -0.2) is 12.6 Å². The first-order chi connectivity index (χ1) is 19.3. The van der Waals surface area contributed by atoms with Crippen LogP contribution >= 0.6 is 0 Å². The van der Waals surface area contributed by atoms with Gasteiger partial charge in [0, 0.05) is 23.1 Å². The summed E-state index contributed by atoms with van der Waals surface area (Å²) in [4.78, 5) is 0. The summed E-state index contributed by atoms with van der Waals surface area (Å²) < 4.78 is 3.05. The number of aromatic nitrogens is 1. The Balaban J connectivity index is 0.000000187. The fourth-order valence-corrected chi connectivity index (χ4v) is 12.5. The predicted octanol–water partition coefficient (Wildman–Crippen LogP) is 4.25. The second-order valence-electron chi connectivity index (χ2n) is 12.3. The summed E-state index contributed by atoms with van der Waals surface area (Å²) in [7, 11) is -1.17. The maximum absolute atomic E-state index is 2.51. The van der Waals surface area contributed by atoms with E-state index in [9.17, 15) is 0 Å². The molecule has 0 N–H and O–H groups in total. The fraction of sp³-hybridized carbons (Fsp3) is 0.297. The maximum atomic E-state index is 2.51. The second kappa shape index (κ2) is 13.4. The molecular weight excluding hydrogens is 649 g/mol. The molecule has 0 saturated heterocycles. The molecule has 42 heavy (non-hydrogen) atoms. The molecule has 0 amide bonds. The molecule has 2 aliphatic carbocycles. The van der Waals surface area contributed by atoms with Gasteiger partial charge in [-0.15, -0.1) is 0 Å². The van der Waals surface area contributed by atoms with Gasteiger partial charge in [-0.2, -0.15) is 0 Å². The van der Waals surface area contributed by atoms with Gasteiger partial charge in [0.2, 0.25) is 0 Å². The van der Waals surface area contributed by atoms with E-state index in [4.69, 9.17) is 0 Å². The molecule has 0 spiro atoms. The van der Waals surface area contributed by atoms with E-state index in [1.165, 1.54) is 70.3 Å². The van der Waals surface area contributed by atoms with Gasteiger partial charge >= 0.3 is 143 Å². The van der Waals surface area contributed by atoms with Crippen molar-refractivity contribution in [3.05, 3.63) is 124 Å². The summed E-state index contributed by atoms with van der Waals surface area (Å²) >= 11 is 1.59. The number of aryl methyl sites for hydroxylation is 1. The van der Waals surface area contributed by atoms with Crippen LogP contribution in [0.2, 0.25) is 13.1 Å². The van der Waals surface area contributed by atoms with Gasteiger partial charge in [0.1, 0.15) is 0 Å². The number of hydrogen-bond donors (Lipinski definition) is 0. The van der Waals surface area contributed by atoms with E-state index in [2.05, 4.69) is 130 Å². The van der Waals surface area contributed by atoms with E-state index in [1.807, 2.05) is 0 Å². The van der Waals surface area contributed by atoms with E-state index in [1.54, 1.807) is 41.2 Å². The van der Waals surface area contributed by atoms with Crippen LogP contribution in [0.3, 0.4) is 0 Å². The fourth-order valence-electron chi connectivity index (χ4n) is 7.36. The molecule has 2 aliphatic heterocycles. The molecule has 1 aromatic heterocycles. The van der Waals surface area contributed by atoms with Gasteiger partial charge in [0.25, 0.3) is 0 Å². The number of halogens is 2. The van der Waals surface area contributed by atoms with E-state index >= 15 is 0 Å². The Morgan fingerprint density at radius 1 is 0.810 bits per heavy atom. The normalized spacial score (nSPS) is 18.5. The number of fused-ring (bicyclic) bond motifs is 1. The molecule has 8 rings (SSSR count). The molecule has 0 fully saturated rings. The Morgan fingerprint density at radius 2 is 1.52 bits per heavy atom. The van der Waals surface area contributed by atoms with Crippen LogP contribution in [0.25, 0.3) is 28.1 Å². The summed E-state index contributed by atoms with van der Waals surface area (Å²) in [6, 6.07) is 29.0. The number of rotatable bonds is 6. The van der Waals surface area contributed by atoms with Gasteiger partial charge in [-0.05, 0) is 30.7 Å². The molecule has 5 heteroatoms. The van der Waals surface area contributed by atoms with Crippen LogP contribution in [0.5, 0.6) is 0 Å². The summed E-state index contributed by atoms with van der Waals surface area (Å²) in [6.07, 6.45) is 9.76. The largest absolute Gasteiger partial charge is 1.00 e. The van der Waals surface area contributed by atoms with Crippen molar-refractivity contribution >= 4 is 19.3 Å². The average molecular weight is 689 g/mol. The Hall–Kier alpha value is -1.90. The monoisotopic (exact) mass is 686 g/mol. The first-order valence-electron chi connectivity index (χ1n) is 14.9. The zero-order chi connectivity index (χ0) is 28.0. The molecule has 1 nitrogen and oxygen atoms in total. The number of benzene rings is 3. The Morgan fingerprint density at radius 3 is 2.19 bits per heavy atom. The molecule has 0 radical (unpaired) electrons. The molecule has 4 aromatic rings. The van der Waals surface area contributed by atoms with Crippen molar-refractivity contribution < 1.29 is 49.5 Å². The Bertz CT molecular complexity index is 1620. The van der Waals surface area contributed by atoms with Crippen LogP contribution in [0, 0.1) is 0 Å². The van der Waals surface area contributed by atoms with Crippen molar-refractivity contribution in [1.82, 2.24) is 4.57 Å². The van der Waals surface area contributed by atoms with E-state index in [0.29, 0.717) is 3.63 Å². The van der Waals surface area contributed by atoms with Gasteiger partial charge in [-0.3, -0.25) is 0 Å². The molecule has 3 aromatic carbocycles. The van der Waals surface area contributed by atoms with Crippen LogP contribution in [0.15, 0.2) is 96.2 Å². The zero-order valence-corrected chi connectivity index (χ0v) is 30.3. The predicted molar refractivity (Wildman–Crippen MR) is 170 cm³/mol.